The summed E-state index contributed by atoms with van der Waals surface area (Å²) in [6.07, 6.45) is 1.76. The minimum atomic E-state index is -0.0378. The highest BCUT2D eigenvalue weighted by molar-refractivity contribution is 7.09. The Kier molecular flexibility index (Phi) is 3.39. The van der Waals surface area contributed by atoms with Crippen molar-refractivity contribution in [2.24, 2.45) is 0 Å². The number of thiazole rings is 1. The lowest BCUT2D eigenvalue weighted by atomic mass is 10.2. The van der Waals surface area contributed by atoms with Crippen LogP contribution in [0.4, 0.5) is 0 Å². The van der Waals surface area contributed by atoms with Crippen LogP contribution in [-0.4, -0.2) is 25.8 Å². The molecule has 0 aliphatic carbocycles. The summed E-state index contributed by atoms with van der Waals surface area (Å²) in [4.78, 5) is 16.7. The van der Waals surface area contributed by atoms with E-state index in [1.54, 1.807) is 16.0 Å². The van der Waals surface area contributed by atoms with Gasteiger partial charge in [0.05, 0.1) is 29.0 Å². The largest absolute Gasteiger partial charge is 0.292 e. The smallest absolute Gasteiger partial charge is 0.188 e. The third-order valence-corrected chi connectivity index (χ3v) is 3.67. The van der Waals surface area contributed by atoms with Crippen LogP contribution in [0.2, 0.25) is 0 Å². The van der Waals surface area contributed by atoms with Crippen molar-refractivity contribution in [1.29, 1.82) is 0 Å². The van der Waals surface area contributed by atoms with Gasteiger partial charge in [-0.2, -0.15) is 0 Å². The highest BCUT2D eigenvalue weighted by Crippen LogP contribution is 2.13. The standard InChI is InChI=1S/C14H12N4OS/c1-10-16-11(9-20-10)7-14(19)13-8-15-17-18(13)12-5-3-2-4-6-12/h2-6,8-9H,7H2,1H3. The summed E-state index contributed by atoms with van der Waals surface area (Å²) < 4.78 is 1.56. The van der Waals surface area contributed by atoms with E-state index in [1.807, 2.05) is 42.6 Å². The topological polar surface area (TPSA) is 60.7 Å². The number of para-hydroxylation sites is 1. The molecular formula is C14H12N4OS. The van der Waals surface area contributed by atoms with Crippen molar-refractivity contribution in [3.63, 3.8) is 0 Å². The number of hydrogen-bond donors (Lipinski definition) is 0. The second-order valence-corrected chi connectivity index (χ2v) is 5.39. The lowest BCUT2D eigenvalue weighted by Crippen LogP contribution is -2.11. The predicted molar refractivity (Wildman–Crippen MR) is 76.2 cm³/mol. The maximum atomic E-state index is 12.3. The molecule has 0 atom stereocenters. The lowest BCUT2D eigenvalue weighted by molar-refractivity contribution is 0.0984. The second-order valence-electron chi connectivity index (χ2n) is 4.32. The van der Waals surface area contributed by atoms with Gasteiger partial charge in [0.25, 0.3) is 0 Å². The minimum absolute atomic E-state index is 0.0378. The number of hydrogen-bond acceptors (Lipinski definition) is 5. The van der Waals surface area contributed by atoms with Gasteiger partial charge in [-0.25, -0.2) is 9.67 Å². The number of ketones is 1. The first-order valence-electron chi connectivity index (χ1n) is 6.14. The van der Waals surface area contributed by atoms with Gasteiger partial charge in [0.1, 0.15) is 5.69 Å². The fourth-order valence-corrected chi connectivity index (χ4v) is 2.54. The van der Waals surface area contributed by atoms with Crippen LogP contribution >= 0.6 is 11.3 Å². The van der Waals surface area contributed by atoms with E-state index in [9.17, 15) is 4.79 Å². The Morgan fingerprint density at radius 2 is 2.10 bits per heavy atom. The molecule has 0 aliphatic rings. The summed E-state index contributed by atoms with van der Waals surface area (Å²) in [6.45, 7) is 1.93. The molecule has 0 saturated heterocycles. The van der Waals surface area contributed by atoms with Gasteiger partial charge in [-0.1, -0.05) is 23.4 Å². The van der Waals surface area contributed by atoms with E-state index in [2.05, 4.69) is 15.3 Å². The number of rotatable bonds is 4. The maximum absolute atomic E-state index is 12.3. The quantitative estimate of drug-likeness (QED) is 0.690. The van der Waals surface area contributed by atoms with Crippen LogP contribution in [-0.2, 0) is 6.42 Å². The molecule has 3 aromatic rings. The molecule has 3 rings (SSSR count). The van der Waals surface area contributed by atoms with Gasteiger partial charge in [0, 0.05) is 5.38 Å². The fourth-order valence-electron chi connectivity index (χ4n) is 1.93. The van der Waals surface area contributed by atoms with Crippen LogP contribution < -0.4 is 0 Å². The third kappa shape index (κ3) is 2.50. The molecular weight excluding hydrogens is 272 g/mol. The van der Waals surface area contributed by atoms with Crippen molar-refractivity contribution < 1.29 is 4.79 Å². The van der Waals surface area contributed by atoms with Gasteiger partial charge in [0.15, 0.2) is 5.78 Å². The van der Waals surface area contributed by atoms with Gasteiger partial charge in [-0.15, -0.1) is 16.4 Å². The summed E-state index contributed by atoms with van der Waals surface area (Å²) in [5.41, 5.74) is 2.09. The first-order valence-corrected chi connectivity index (χ1v) is 7.02. The number of Topliss-reactive ketones (excluding diaryl/α,β-unsaturated/α-hetero) is 1. The molecule has 5 nitrogen and oxygen atoms in total. The number of nitrogens with zero attached hydrogens (tertiary/aromatic N) is 4. The zero-order valence-corrected chi connectivity index (χ0v) is 11.7. The average Bonchev–Trinajstić information content (AvgIpc) is 3.09. The molecule has 6 heteroatoms. The molecule has 0 aliphatic heterocycles. The van der Waals surface area contributed by atoms with Gasteiger partial charge >= 0.3 is 0 Å². The van der Waals surface area contributed by atoms with E-state index >= 15 is 0 Å². The van der Waals surface area contributed by atoms with E-state index in [1.165, 1.54) is 6.20 Å². The molecule has 2 heterocycles. The van der Waals surface area contributed by atoms with E-state index < -0.39 is 0 Å². The zero-order chi connectivity index (χ0) is 13.9. The summed E-state index contributed by atoms with van der Waals surface area (Å²) in [5.74, 6) is -0.0378. The lowest BCUT2D eigenvalue weighted by Gasteiger charge is -2.04. The van der Waals surface area contributed by atoms with Crippen LogP contribution in [0.3, 0.4) is 0 Å². The molecule has 2 aromatic heterocycles. The molecule has 0 bridgehead atoms. The second kappa shape index (κ2) is 5.34. The van der Waals surface area contributed by atoms with Crippen LogP contribution in [0, 0.1) is 6.92 Å². The molecule has 0 unspecified atom stereocenters. The number of aromatic nitrogens is 4. The molecule has 1 aromatic carbocycles. The van der Waals surface area contributed by atoms with Crippen LogP contribution in [0.15, 0.2) is 41.9 Å². The van der Waals surface area contributed by atoms with Gasteiger partial charge in [-0.3, -0.25) is 4.79 Å². The van der Waals surface area contributed by atoms with E-state index in [0.29, 0.717) is 5.69 Å². The third-order valence-electron chi connectivity index (χ3n) is 2.84. The average molecular weight is 284 g/mol. The first kappa shape index (κ1) is 12.7. The summed E-state index contributed by atoms with van der Waals surface area (Å²) in [5, 5.41) is 10.7. The highest BCUT2D eigenvalue weighted by Gasteiger charge is 2.16. The van der Waals surface area contributed by atoms with Gasteiger partial charge < -0.3 is 0 Å². The number of benzene rings is 1. The molecule has 0 radical (unpaired) electrons. The van der Waals surface area contributed by atoms with Crippen LogP contribution in [0.25, 0.3) is 5.69 Å². The Bertz CT molecular complexity index is 732. The normalized spacial score (nSPS) is 10.7. The maximum Gasteiger partial charge on any atom is 0.188 e. The highest BCUT2D eigenvalue weighted by atomic mass is 32.1. The number of aryl methyl sites for hydroxylation is 1. The molecule has 0 N–H and O–H groups in total. The zero-order valence-electron chi connectivity index (χ0n) is 10.9. The predicted octanol–water partition coefficient (Wildman–Crippen LogP) is 2.46. The van der Waals surface area contributed by atoms with Gasteiger partial charge in [-0.05, 0) is 19.1 Å². The van der Waals surface area contributed by atoms with Crippen LogP contribution in [0.1, 0.15) is 21.2 Å². The minimum Gasteiger partial charge on any atom is -0.292 e. The van der Waals surface area contributed by atoms with Crippen molar-refractivity contribution in [2.75, 3.05) is 0 Å². The summed E-state index contributed by atoms with van der Waals surface area (Å²) in [6, 6.07) is 9.49. The van der Waals surface area contributed by atoms with E-state index in [0.717, 1.165) is 16.4 Å². The Labute approximate surface area is 119 Å². The van der Waals surface area contributed by atoms with Crippen molar-refractivity contribution in [3.05, 3.63) is 58.3 Å². The SMILES string of the molecule is Cc1nc(CC(=O)c2cnnn2-c2ccccc2)cs1. The van der Waals surface area contributed by atoms with Crippen molar-refractivity contribution in [3.8, 4) is 5.69 Å². The monoisotopic (exact) mass is 284 g/mol. The van der Waals surface area contributed by atoms with Crippen molar-refractivity contribution in [1.82, 2.24) is 20.0 Å². The van der Waals surface area contributed by atoms with Gasteiger partial charge in [0.2, 0.25) is 0 Å². The molecule has 20 heavy (non-hydrogen) atoms. The van der Waals surface area contributed by atoms with Crippen molar-refractivity contribution >= 4 is 17.1 Å². The molecule has 0 fully saturated rings. The molecule has 0 amide bonds. The first-order chi connectivity index (χ1) is 9.74. The Hall–Kier alpha value is -2.34. The Balaban J connectivity index is 1.88. The fraction of sp³-hybridized carbons (Fsp3) is 0.143. The summed E-state index contributed by atoms with van der Waals surface area (Å²) in [7, 11) is 0. The van der Waals surface area contributed by atoms with E-state index in [-0.39, 0.29) is 12.2 Å². The molecule has 0 saturated carbocycles. The number of carbonyl (C=O) groups excluding carboxylic acids is 1. The van der Waals surface area contributed by atoms with Crippen molar-refractivity contribution in [2.45, 2.75) is 13.3 Å². The summed E-state index contributed by atoms with van der Waals surface area (Å²) >= 11 is 1.54. The number of carbonyl (C=O) groups is 1. The Morgan fingerprint density at radius 1 is 1.30 bits per heavy atom. The van der Waals surface area contributed by atoms with Crippen LogP contribution in [0.5, 0.6) is 0 Å². The molecule has 100 valence electrons. The Morgan fingerprint density at radius 3 is 2.80 bits per heavy atom. The van der Waals surface area contributed by atoms with E-state index in [4.69, 9.17) is 0 Å². The molecule has 0 spiro atoms.